The van der Waals surface area contributed by atoms with Gasteiger partial charge in [-0.25, -0.2) is 0 Å². The van der Waals surface area contributed by atoms with E-state index in [4.69, 9.17) is 12.2 Å². The Morgan fingerprint density at radius 3 is 2.70 bits per heavy atom. The summed E-state index contributed by atoms with van der Waals surface area (Å²) in [6, 6.07) is 14.8. The van der Waals surface area contributed by atoms with Gasteiger partial charge in [0.05, 0.1) is 6.21 Å². The number of hydrogen-bond donors (Lipinski definition) is 2. The smallest absolute Gasteiger partial charge is 0.191 e. The van der Waals surface area contributed by atoms with Crippen molar-refractivity contribution in [3.05, 3.63) is 59.2 Å². The Hall–Kier alpha value is -2.40. The second kappa shape index (κ2) is 9.00. The number of thiocarbonyl (C=S) groups is 1. The average Bonchev–Trinajstić information content (AvgIpc) is 2.67. The highest BCUT2D eigenvalue weighted by molar-refractivity contribution is 7.80. The summed E-state index contributed by atoms with van der Waals surface area (Å²) in [5, 5.41) is 7.92. The molecule has 0 saturated heterocycles. The monoisotopic (exact) mass is 380 g/mol. The van der Waals surface area contributed by atoms with Crippen LogP contribution in [0.25, 0.3) is 0 Å². The third-order valence-corrected chi connectivity index (χ3v) is 5.11. The second-order valence-corrected chi connectivity index (χ2v) is 7.58. The number of fused-ring (bicyclic) bond motifs is 1. The normalized spacial score (nSPS) is 13.7. The van der Waals surface area contributed by atoms with Crippen molar-refractivity contribution in [2.75, 3.05) is 23.3 Å². The lowest BCUT2D eigenvalue weighted by Crippen LogP contribution is -2.28. The Morgan fingerprint density at radius 1 is 1.22 bits per heavy atom. The van der Waals surface area contributed by atoms with Gasteiger partial charge in [0.15, 0.2) is 5.11 Å². The summed E-state index contributed by atoms with van der Waals surface area (Å²) < 4.78 is 0. The molecule has 0 spiro atoms. The van der Waals surface area contributed by atoms with E-state index in [1.54, 1.807) is 0 Å². The van der Waals surface area contributed by atoms with Gasteiger partial charge >= 0.3 is 0 Å². The summed E-state index contributed by atoms with van der Waals surface area (Å²) in [6.07, 6.45) is 4.16. The molecule has 0 unspecified atom stereocenters. The molecular formula is C22H28N4S. The zero-order valence-electron chi connectivity index (χ0n) is 16.3. The average molecular weight is 381 g/mol. The fourth-order valence-electron chi connectivity index (χ4n) is 3.38. The van der Waals surface area contributed by atoms with E-state index in [9.17, 15) is 0 Å². The fraction of sp³-hybridized carbons (Fsp3) is 0.364. The van der Waals surface area contributed by atoms with Crippen LogP contribution in [0.4, 0.5) is 11.4 Å². The standard InChI is InChI=1S/C22H28N4S/c1-4-26-13-5-6-19-14-17(7-12-21(19)26)15-23-25-22(27)24-20-10-8-18(9-11-20)16(2)3/h7-12,14-16H,4-6,13H2,1-3H3,(H2,24,25,27)/b23-15+. The lowest BCUT2D eigenvalue weighted by atomic mass is 9.99. The third-order valence-electron chi connectivity index (χ3n) is 4.92. The van der Waals surface area contributed by atoms with Crippen LogP contribution in [0.5, 0.6) is 0 Å². The molecule has 0 fully saturated rings. The number of rotatable bonds is 5. The minimum absolute atomic E-state index is 0.485. The van der Waals surface area contributed by atoms with Crippen molar-refractivity contribution in [2.45, 2.75) is 39.5 Å². The number of hydrogen-bond acceptors (Lipinski definition) is 3. The molecule has 4 nitrogen and oxygen atoms in total. The molecule has 3 rings (SSSR count). The topological polar surface area (TPSA) is 39.7 Å². The number of nitrogens with zero attached hydrogens (tertiary/aromatic N) is 2. The first-order chi connectivity index (χ1) is 13.1. The Balaban J connectivity index is 1.56. The lowest BCUT2D eigenvalue weighted by Gasteiger charge is -2.30. The molecule has 5 heteroatoms. The van der Waals surface area contributed by atoms with Crippen LogP contribution >= 0.6 is 12.2 Å². The third kappa shape index (κ3) is 5.07. The van der Waals surface area contributed by atoms with E-state index in [1.165, 1.54) is 23.2 Å². The molecule has 1 heterocycles. The number of nitrogens with one attached hydrogen (secondary N) is 2. The van der Waals surface area contributed by atoms with Crippen molar-refractivity contribution in [1.29, 1.82) is 0 Å². The number of aryl methyl sites for hydroxylation is 1. The van der Waals surface area contributed by atoms with E-state index in [-0.39, 0.29) is 0 Å². The molecule has 1 aliphatic rings. The fourth-order valence-corrected chi connectivity index (χ4v) is 3.55. The molecule has 0 aromatic heterocycles. The summed E-state index contributed by atoms with van der Waals surface area (Å²) >= 11 is 5.32. The van der Waals surface area contributed by atoms with Gasteiger partial charge in [-0.05, 0) is 78.9 Å². The molecule has 142 valence electrons. The van der Waals surface area contributed by atoms with E-state index >= 15 is 0 Å². The maximum absolute atomic E-state index is 5.32. The summed E-state index contributed by atoms with van der Waals surface area (Å²) in [6.45, 7) is 8.78. The first-order valence-electron chi connectivity index (χ1n) is 9.64. The van der Waals surface area contributed by atoms with Crippen LogP contribution in [-0.4, -0.2) is 24.4 Å². The molecule has 0 aliphatic carbocycles. The number of hydrazone groups is 1. The molecule has 2 aromatic carbocycles. The van der Waals surface area contributed by atoms with E-state index in [2.05, 4.69) is 71.8 Å². The van der Waals surface area contributed by atoms with Crippen molar-refractivity contribution in [2.24, 2.45) is 5.10 Å². The van der Waals surface area contributed by atoms with Crippen LogP contribution in [0.2, 0.25) is 0 Å². The van der Waals surface area contributed by atoms with Crippen LogP contribution in [0, 0.1) is 0 Å². The van der Waals surface area contributed by atoms with Crippen molar-refractivity contribution >= 4 is 34.9 Å². The van der Waals surface area contributed by atoms with Gasteiger partial charge in [0, 0.05) is 24.5 Å². The second-order valence-electron chi connectivity index (χ2n) is 7.17. The minimum atomic E-state index is 0.485. The molecular weight excluding hydrogens is 352 g/mol. The van der Waals surface area contributed by atoms with E-state index in [0.29, 0.717) is 11.0 Å². The highest BCUT2D eigenvalue weighted by Gasteiger charge is 2.15. The molecule has 1 aliphatic heterocycles. The first kappa shape index (κ1) is 19.4. The number of anilines is 2. The van der Waals surface area contributed by atoms with Gasteiger partial charge in [-0.3, -0.25) is 5.43 Å². The van der Waals surface area contributed by atoms with Crippen molar-refractivity contribution in [3.63, 3.8) is 0 Å². The van der Waals surface area contributed by atoms with Gasteiger partial charge < -0.3 is 10.2 Å². The highest BCUT2D eigenvalue weighted by Crippen LogP contribution is 2.27. The largest absolute Gasteiger partial charge is 0.372 e. The Bertz CT molecular complexity index is 812. The maximum Gasteiger partial charge on any atom is 0.191 e. The molecule has 2 aromatic rings. The predicted octanol–water partition coefficient (Wildman–Crippen LogP) is 4.90. The van der Waals surface area contributed by atoms with Crippen LogP contribution in [0.1, 0.15) is 49.8 Å². The summed E-state index contributed by atoms with van der Waals surface area (Å²) in [5.74, 6) is 0.523. The molecule has 27 heavy (non-hydrogen) atoms. The van der Waals surface area contributed by atoms with Gasteiger partial charge in [-0.1, -0.05) is 32.0 Å². The molecule has 0 radical (unpaired) electrons. The summed E-state index contributed by atoms with van der Waals surface area (Å²) in [7, 11) is 0. The Kier molecular flexibility index (Phi) is 6.45. The SMILES string of the molecule is CCN1CCCc2cc(/C=N/NC(=S)Nc3ccc(C(C)C)cc3)ccc21. The van der Waals surface area contributed by atoms with Crippen molar-refractivity contribution in [3.8, 4) is 0 Å². The van der Waals surface area contributed by atoms with Crippen LogP contribution in [-0.2, 0) is 6.42 Å². The lowest BCUT2D eigenvalue weighted by molar-refractivity contribution is 0.708. The Labute approximate surface area is 167 Å². The van der Waals surface area contributed by atoms with E-state index in [1.807, 2.05) is 18.3 Å². The van der Waals surface area contributed by atoms with Crippen molar-refractivity contribution in [1.82, 2.24) is 5.43 Å². The molecule has 0 atom stereocenters. The Morgan fingerprint density at radius 2 is 2.00 bits per heavy atom. The quantitative estimate of drug-likeness (QED) is 0.439. The molecule has 0 saturated carbocycles. The van der Waals surface area contributed by atoms with Gasteiger partial charge in [0.25, 0.3) is 0 Å². The summed E-state index contributed by atoms with van der Waals surface area (Å²) in [5.41, 5.74) is 9.01. The van der Waals surface area contributed by atoms with Gasteiger partial charge in [-0.2, -0.15) is 5.10 Å². The van der Waals surface area contributed by atoms with Crippen LogP contribution in [0.15, 0.2) is 47.6 Å². The molecule has 0 bridgehead atoms. The zero-order valence-corrected chi connectivity index (χ0v) is 17.1. The maximum atomic E-state index is 5.32. The van der Waals surface area contributed by atoms with Crippen LogP contribution < -0.4 is 15.6 Å². The first-order valence-corrected chi connectivity index (χ1v) is 10.1. The zero-order chi connectivity index (χ0) is 19.2. The van der Waals surface area contributed by atoms with Crippen LogP contribution in [0.3, 0.4) is 0 Å². The number of benzene rings is 2. The van der Waals surface area contributed by atoms with Gasteiger partial charge in [0.2, 0.25) is 0 Å². The molecule has 2 N–H and O–H groups in total. The van der Waals surface area contributed by atoms with E-state index < -0.39 is 0 Å². The highest BCUT2D eigenvalue weighted by atomic mass is 32.1. The summed E-state index contributed by atoms with van der Waals surface area (Å²) in [4.78, 5) is 2.43. The predicted molar refractivity (Wildman–Crippen MR) is 120 cm³/mol. The van der Waals surface area contributed by atoms with Crippen molar-refractivity contribution < 1.29 is 0 Å². The molecule has 0 amide bonds. The van der Waals surface area contributed by atoms with Gasteiger partial charge in [0.1, 0.15) is 0 Å². The van der Waals surface area contributed by atoms with Gasteiger partial charge in [-0.15, -0.1) is 0 Å². The van der Waals surface area contributed by atoms with E-state index in [0.717, 1.165) is 30.8 Å². The minimum Gasteiger partial charge on any atom is -0.372 e.